The number of rotatable bonds is 7. The Balaban J connectivity index is 1.52. The average Bonchev–Trinajstić information content (AvgIpc) is 3.54. The van der Waals surface area contributed by atoms with Crippen molar-refractivity contribution in [1.29, 1.82) is 0 Å². The van der Waals surface area contributed by atoms with Crippen molar-refractivity contribution in [2.45, 2.75) is 39.3 Å². The molecule has 0 radical (unpaired) electrons. The number of carbonyl (C=O) groups excluding carboxylic acids is 2. The lowest BCUT2D eigenvalue weighted by atomic mass is 9.99. The number of ether oxygens (including phenoxy) is 2. The fraction of sp³-hybridized carbons (Fsp3) is 0.393. The zero-order chi connectivity index (χ0) is 32.6. The number of piperidine rings is 1. The molecule has 45 heavy (non-hydrogen) atoms. The van der Waals surface area contributed by atoms with Gasteiger partial charge in [-0.3, -0.25) is 28.1 Å². The largest absolute Gasteiger partial charge is 0.573 e. The van der Waals surface area contributed by atoms with E-state index < -0.39 is 35.2 Å². The number of fused-ring (bicyclic) bond motifs is 1. The molecule has 4 heterocycles. The first-order chi connectivity index (χ1) is 21.2. The smallest absolute Gasteiger partial charge is 0.444 e. The normalized spacial score (nSPS) is 14.7. The number of hydrogen-bond acceptors (Lipinski definition) is 9. The summed E-state index contributed by atoms with van der Waals surface area (Å²) in [5, 5.41) is 4.51. The van der Waals surface area contributed by atoms with E-state index in [1.54, 1.807) is 12.3 Å². The summed E-state index contributed by atoms with van der Waals surface area (Å²) < 4.78 is 57.0. The van der Waals surface area contributed by atoms with Crippen molar-refractivity contribution < 1.29 is 36.7 Å². The van der Waals surface area contributed by atoms with Crippen LogP contribution in [0.4, 0.5) is 13.2 Å². The molecule has 5 rings (SSSR count). The van der Waals surface area contributed by atoms with Gasteiger partial charge in [-0.2, -0.15) is 4.99 Å². The lowest BCUT2D eigenvalue weighted by Crippen LogP contribution is -2.36. The number of furan rings is 1. The predicted molar refractivity (Wildman–Crippen MR) is 157 cm³/mol. The van der Waals surface area contributed by atoms with Crippen molar-refractivity contribution in [3.8, 4) is 17.0 Å². The van der Waals surface area contributed by atoms with Crippen molar-refractivity contribution in [3.63, 3.8) is 0 Å². The number of hydrogen-bond donors (Lipinski definition) is 1. The Labute approximate surface area is 261 Å². The Hall–Kier alpha value is -4.15. The van der Waals surface area contributed by atoms with Crippen molar-refractivity contribution in [2.24, 2.45) is 25.0 Å². The Morgan fingerprint density at radius 3 is 2.56 bits per heavy atom. The zero-order valence-corrected chi connectivity index (χ0v) is 25.8. The molecule has 3 aromatic heterocycles. The number of thiazole rings is 1. The number of benzene rings is 1. The standard InChI is InChI=1S/C28H27ClF3N5O7S/c1-14-17(22-23(39)35(2)27(41)36(3)24(22)43-14)11-21(38)34-26-37(13-42-25(40)15-6-8-33-9-7-15)19(12-45-26)16-4-5-20(18(29)10-16)44-28(30,31)32/h4-5,10,12,15,33H,6-9,11,13H2,1-3H3. The Morgan fingerprint density at radius 1 is 1.18 bits per heavy atom. The maximum absolute atomic E-state index is 13.3. The molecule has 1 amide bonds. The summed E-state index contributed by atoms with van der Waals surface area (Å²) in [6.07, 6.45) is -4.10. The minimum atomic E-state index is -4.94. The van der Waals surface area contributed by atoms with Gasteiger partial charge in [0.1, 0.15) is 16.9 Å². The van der Waals surface area contributed by atoms with Gasteiger partial charge in [-0.25, -0.2) is 4.79 Å². The second kappa shape index (κ2) is 12.7. The summed E-state index contributed by atoms with van der Waals surface area (Å²) in [4.78, 5) is 55.7. The first-order valence-corrected chi connectivity index (χ1v) is 14.9. The second-order valence-electron chi connectivity index (χ2n) is 10.3. The fourth-order valence-electron chi connectivity index (χ4n) is 5.04. The van der Waals surface area contributed by atoms with E-state index in [-0.39, 0.29) is 51.3 Å². The molecule has 0 bridgehead atoms. The number of alkyl halides is 3. The third-order valence-corrected chi connectivity index (χ3v) is 8.55. The van der Waals surface area contributed by atoms with Crippen molar-refractivity contribution in [2.75, 3.05) is 13.1 Å². The molecule has 0 unspecified atom stereocenters. The first kappa shape index (κ1) is 32.2. The molecule has 12 nitrogen and oxygen atoms in total. The van der Waals surface area contributed by atoms with Crippen molar-refractivity contribution in [3.05, 3.63) is 65.6 Å². The molecule has 1 fully saturated rings. The van der Waals surface area contributed by atoms with Gasteiger partial charge in [0.05, 0.1) is 23.1 Å². The summed E-state index contributed by atoms with van der Waals surface area (Å²) >= 11 is 7.11. The molecule has 17 heteroatoms. The maximum Gasteiger partial charge on any atom is 0.573 e. The van der Waals surface area contributed by atoms with Crippen molar-refractivity contribution >= 4 is 45.9 Å². The van der Waals surface area contributed by atoms with E-state index in [1.165, 1.54) is 35.4 Å². The molecule has 240 valence electrons. The third kappa shape index (κ3) is 6.77. The van der Waals surface area contributed by atoms with Gasteiger partial charge in [0.15, 0.2) is 11.5 Å². The topological polar surface area (TPSA) is 139 Å². The van der Waals surface area contributed by atoms with Gasteiger partial charge in [-0.1, -0.05) is 11.6 Å². The van der Waals surface area contributed by atoms with Crippen LogP contribution >= 0.6 is 22.9 Å². The molecular weight excluding hydrogens is 643 g/mol. The van der Waals surface area contributed by atoms with E-state index >= 15 is 0 Å². The molecule has 4 aromatic rings. The quantitative estimate of drug-likeness (QED) is 0.296. The molecular formula is C28H27ClF3N5O7S. The SMILES string of the molecule is Cc1oc2c(c1CC(=O)N=c1scc(-c3ccc(OC(F)(F)F)c(Cl)c3)n1COC(=O)C1CCNCC1)c(=O)n(C)c(=O)n2C. The van der Waals surface area contributed by atoms with Crippen LogP contribution in [0.1, 0.15) is 24.2 Å². The highest BCUT2D eigenvalue weighted by atomic mass is 35.5. The van der Waals surface area contributed by atoms with E-state index in [9.17, 15) is 32.3 Å². The average molecular weight is 670 g/mol. The number of halogens is 4. The number of esters is 1. The van der Waals surface area contributed by atoms with Crippen LogP contribution in [-0.2, 0) is 41.6 Å². The number of carbonyl (C=O) groups is 2. The molecule has 0 atom stereocenters. The third-order valence-electron chi connectivity index (χ3n) is 7.40. The van der Waals surface area contributed by atoms with Crippen LogP contribution in [0, 0.1) is 12.8 Å². The Bertz CT molecular complexity index is 1980. The van der Waals surface area contributed by atoms with Crippen LogP contribution in [0.3, 0.4) is 0 Å². The van der Waals surface area contributed by atoms with Gasteiger partial charge in [-0.15, -0.1) is 24.5 Å². The monoisotopic (exact) mass is 669 g/mol. The fourth-order valence-corrected chi connectivity index (χ4v) is 6.17. The molecule has 1 aliphatic rings. The van der Waals surface area contributed by atoms with Gasteiger partial charge in [-0.05, 0) is 51.1 Å². The van der Waals surface area contributed by atoms with Gasteiger partial charge in [0, 0.05) is 30.6 Å². The van der Waals surface area contributed by atoms with Gasteiger partial charge >= 0.3 is 18.0 Å². The number of aryl methyl sites for hydroxylation is 2. The first-order valence-electron chi connectivity index (χ1n) is 13.6. The lowest BCUT2D eigenvalue weighted by molar-refractivity contribution is -0.274. The van der Waals surface area contributed by atoms with Crippen LogP contribution < -0.4 is 26.1 Å². The molecule has 0 spiro atoms. The highest BCUT2D eigenvalue weighted by molar-refractivity contribution is 7.07. The molecule has 0 saturated carbocycles. The van der Waals surface area contributed by atoms with Crippen LogP contribution in [-0.4, -0.2) is 45.0 Å². The number of nitrogens with one attached hydrogen (secondary N) is 1. The predicted octanol–water partition coefficient (Wildman–Crippen LogP) is 3.39. The van der Waals surface area contributed by atoms with Crippen molar-refractivity contribution in [1.82, 2.24) is 19.0 Å². The van der Waals surface area contributed by atoms with Crippen LogP contribution in [0.25, 0.3) is 22.4 Å². The molecule has 1 saturated heterocycles. The summed E-state index contributed by atoms with van der Waals surface area (Å²) in [7, 11) is 2.76. The summed E-state index contributed by atoms with van der Waals surface area (Å²) in [5.41, 5.74) is -0.217. The van der Waals surface area contributed by atoms with Crippen LogP contribution in [0.5, 0.6) is 5.75 Å². The minimum Gasteiger partial charge on any atom is -0.444 e. The summed E-state index contributed by atoms with van der Waals surface area (Å²) in [5.74, 6) is -1.76. The highest BCUT2D eigenvalue weighted by Gasteiger charge is 2.32. The zero-order valence-electron chi connectivity index (χ0n) is 24.2. The van der Waals surface area contributed by atoms with E-state index in [2.05, 4.69) is 15.0 Å². The van der Waals surface area contributed by atoms with Gasteiger partial charge in [0.2, 0.25) is 5.71 Å². The Morgan fingerprint density at radius 2 is 1.89 bits per heavy atom. The highest BCUT2D eigenvalue weighted by Crippen LogP contribution is 2.34. The number of nitrogens with zero attached hydrogens (tertiary/aromatic N) is 4. The number of aromatic nitrogens is 3. The van der Waals surface area contributed by atoms with Crippen LogP contribution in [0.15, 0.2) is 42.6 Å². The molecule has 1 aliphatic heterocycles. The summed E-state index contributed by atoms with van der Waals surface area (Å²) in [6, 6.07) is 3.64. The van der Waals surface area contributed by atoms with Crippen LogP contribution in [0.2, 0.25) is 5.02 Å². The molecule has 1 N–H and O–H groups in total. The lowest BCUT2D eigenvalue weighted by Gasteiger charge is -2.21. The minimum absolute atomic E-state index is 0.0246. The maximum atomic E-state index is 13.3. The van der Waals surface area contributed by atoms with Gasteiger partial charge < -0.3 is 19.2 Å². The van der Waals surface area contributed by atoms with Gasteiger partial charge in [0.25, 0.3) is 11.5 Å². The van der Waals surface area contributed by atoms with E-state index in [1.807, 2.05) is 0 Å². The second-order valence-corrected chi connectivity index (χ2v) is 11.6. The molecule has 0 aliphatic carbocycles. The molecule has 1 aromatic carbocycles. The Kier molecular flexibility index (Phi) is 9.09. The van der Waals surface area contributed by atoms with E-state index in [4.69, 9.17) is 20.8 Å². The van der Waals surface area contributed by atoms with E-state index in [0.717, 1.165) is 22.0 Å². The van der Waals surface area contributed by atoms with E-state index in [0.29, 0.717) is 37.2 Å². The number of amides is 1. The summed E-state index contributed by atoms with van der Waals surface area (Å²) in [6.45, 7) is 2.54.